The molecule has 0 unspecified atom stereocenters. The van der Waals surface area contributed by atoms with E-state index in [-0.39, 0.29) is 11.3 Å². The van der Waals surface area contributed by atoms with Crippen LogP contribution in [0.3, 0.4) is 0 Å². The van der Waals surface area contributed by atoms with E-state index in [0.29, 0.717) is 0 Å². The van der Waals surface area contributed by atoms with Crippen molar-refractivity contribution >= 4 is 22.5 Å². The van der Waals surface area contributed by atoms with Crippen molar-refractivity contribution in [1.82, 2.24) is 0 Å². The van der Waals surface area contributed by atoms with Gasteiger partial charge in [0.1, 0.15) is 0 Å². The molecule has 0 atom stereocenters. The van der Waals surface area contributed by atoms with Crippen molar-refractivity contribution in [1.29, 1.82) is 0 Å². The summed E-state index contributed by atoms with van der Waals surface area (Å²) in [4.78, 5) is 3.22. The number of aliphatic imine (C=N–C) groups is 1. The minimum absolute atomic E-state index is 0.0299. The van der Waals surface area contributed by atoms with Gasteiger partial charge in [-0.1, -0.05) is 29.7 Å². The van der Waals surface area contributed by atoms with Crippen LogP contribution < -0.4 is 0 Å². The highest BCUT2D eigenvalue weighted by atomic mass is 35.5. The van der Waals surface area contributed by atoms with Gasteiger partial charge in [0.25, 0.3) is 0 Å². The number of alkyl halides is 3. The zero-order valence-corrected chi connectivity index (χ0v) is 8.10. The second-order valence-electron chi connectivity index (χ2n) is 2.56. The highest BCUT2D eigenvalue weighted by molar-refractivity contribution is 6.67. The molecule has 1 aromatic rings. The fourth-order valence-electron chi connectivity index (χ4n) is 0.862. The van der Waals surface area contributed by atoms with Gasteiger partial charge in [0, 0.05) is 5.56 Å². The molecule has 0 saturated heterocycles. The molecule has 0 bridgehead atoms. The van der Waals surface area contributed by atoms with E-state index in [1.807, 2.05) is 0 Å². The fraction of sp³-hybridized carbons (Fsp3) is 0.100. The number of benzene rings is 1. The molecule has 5 heteroatoms. The molecule has 1 nitrogen and oxygen atoms in total. The quantitative estimate of drug-likeness (QED) is 0.518. The summed E-state index contributed by atoms with van der Waals surface area (Å²) < 4.78 is 36.2. The standard InChI is InChI=1S/C10H5ClF3N/c1-2-7-5-3-4-6-8(7)15-9(11)10(12,13)14/h1,3-6H. The van der Waals surface area contributed by atoms with Crippen LogP contribution in [0.4, 0.5) is 18.9 Å². The van der Waals surface area contributed by atoms with Crippen molar-refractivity contribution in [3.05, 3.63) is 29.8 Å². The Balaban J connectivity index is 3.15. The van der Waals surface area contributed by atoms with E-state index < -0.39 is 11.3 Å². The predicted molar refractivity (Wildman–Crippen MR) is 53.4 cm³/mol. The van der Waals surface area contributed by atoms with E-state index >= 15 is 0 Å². The normalized spacial score (nSPS) is 12.3. The van der Waals surface area contributed by atoms with Gasteiger partial charge in [0.2, 0.25) is 5.17 Å². The highest BCUT2D eigenvalue weighted by Crippen LogP contribution is 2.25. The molecule has 0 heterocycles. The Hall–Kier alpha value is -1.47. The van der Waals surface area contributed by atoms with Gasteiger partial charge < -0.3 is 0 Å². The average Bonchev–Trinajstić information content (AvgIpc) is 2.17. The van der Waals surface area contributed by atoms with Gasteiger partial charge in [0.15, 0.2) is 0 Å². The third kappa shape index (κ3) is 3.00. The lowest BCUT2D eigenvalue weighted by Gasteiger charge is -2.04. The second-order valence-corrected chi connectivity index (χ2v) is 2.92. The van der Waals surface area contributed by atoms with Gasteiger partial charge >= 0.3 is 6.18 Å². The molecule has 0 aliphatic rings. The number of nitrogens with zero attached hydrogens (tertiary/aromatic N) is 1. The molecule has 0 radical (unpaired) electrons. The monoisotopic (exact) mass is 231 g/mol. The molecule has 15 heavy (non-hydrogen) atoms. The van der Waals surface area contributed by atoms with Crippen molar-refractivity contribution in [3.8, 4) is 12.3 Å². The maximum Gasteiger partial charge on any atom is 0.444 e. The summed E-state index contributed by atoms with van der Waals surface area (Å²) in [6.07, 6.45) is 0.442. The SMILES string of the molecule is C#Cc1ccccc1N=C(Cl)C(F)(F)F. The van der Waals surface area contributed by atoms with Crippen LogP contribution in [0, 0.1) is 12.3 Å². The van der Waals surface area contributed by atoms with Crippen LogP contribution in [0.1, 0.15) is 5.56 Å². The van der Waals surface area contributed by atoms with E-state index in [1.165, 1.54) is 18.2 Å². The lowest BCUT2D eigenvalue weighted by Crippen LogP contribution is -2.16. The Kier molecular flexibility index (Phi) is 3.38. The van der Waals surface area contributed by atoms with Crippen LogP contribution in [0.2, 0.25) is 0 Å². The molecule has 0 N–H and O–H groups in total. The van der Waals surface area contributed by atoms with E-state index in [9.17, 15) is 13.2 Å². The minimum Gasteiger partial charge on any atom is -0.231 e. The molecule has 0 aliphatic carbocycles. The molecule has 78 valence electrons. The summed E-state index contributed by atoms with van der Waals surface area (Å²) in [5.74, 6) is 2.22. The Labute approximate surface area is 89.6 Å². The smallest absolute Gasteiger partial charge is 0.231 e. The van der Waals surface area contributed by atoms with Crippen LogP contribution in [0.5, 0.6) is 0 Å². The lowest BCUT2D eigenvalue weighted by molar-refractivity contribution is -0.0558. The maximum absolute atomic E-state index is 12.1. The average molecular weight is 232 g/mol. The van der Waals surface area contributed by atoms with Crippen LogP contribution in [-0.4, -0.2) is 11.3 Å². The molecular formula is C10H5ClF3N. The number of rotatable bonds is 1. The summed E-state index contributed by atoms with van der Waals surface area (Å²) in [5, 5.41) is -1.44. The largest absolute Gasteiger partial charge is 0.444 e. The van der Waals surface area contributed by atoms with E-state index in [0.717, 1.165) is 0 Å². The van der Waals surface area contributed by atoms with Crippen molar-refractivity contribution in [2.45, 2.75) is 6.18 Å². The molecule has 0 aromatic heterocycles. The van der Waals surface area contributed by atoms with Gasteiger partial charge in [-0.25, -0.2) is 4.99 Å². The zero-order chi connectivity index (χ0) is 11.5. The van der Waals surface area contributed by atoms with E-state index in [1.54, 1.807) is 6.07 Å². The number of hydrogen-bond acceptors (Lipinski definition) is 1. The molecule has 0 saturated carbocycles. The summed E-state index contributed by atoms with van der Waals surface area (Å²) in [5.41, 5.74) is 0.294. The molecule has 1 rings (SSSR count). The summed E-state index contributed by atoms with van der Waals surface area (Å²) in [6, 6.07) is 5.98. The zero-order valence-electron chi connectivity index (χ0n) is 7.35. The maximum atomic E-state index is 12.1. The number of hydrogen-bond donors (Lipinski definition) is 0. The van der Waals surface area contributed by atoms with Crippen LogP contribution in [0.15, 0.2) is 29.3 Å². The number of halogens is 4. The number of para-hydroxylation sites is 1. The minimum atomic E-state index is -4.65. The molecule has 0 spiro atoms. The van der Waals surface area contributed by atoms with Crippen LogP contribution in [-0.2, 0) is 0 Å². The highest BCUT2D eigenvalue weighted by Gasteiger charge is 2.34. The summed E-state index contributed by atoms with van der Waals surface area (Å²) in [7, 11) is 0. The van der Waals surface area contributed by atoms with E-state index in [2.05, 4.69) is 10.9 Å². The fourth-order valence-corrected chi connectivity index (χ4v) is 0.953. The van der Waals surface area contributed by atoms with Crippen molar-refractivity contribution in [2.24, 2.45) is 4.99 Å². The van der Waals surface area contributed by atoms with Gasteiger partial charge in [-0.05, 0) is 12.1 Å². The first-order chi connectivity index (χ1) is 6.95. The summed E-state index contributed by atoms with van der Waals surface area (Å²) in [6.45, 7) is 0. The topological polar surface area (TPSA) is 12.4 Å². The van der Waals surface area contributed by atoms with Gasteiger partial charge in [0.05, 0.1) is 5.69 Å². The lowest BCUT2D eigenvalue weighted by atomic mass is 10.2. The van der Waals surface area contributed by atoms with Crippen LogP contribution >= 0.6 is 11.6 Å². The van der Waals surface area contributed by atoms with E-state index in [4.69, 9.17) is 18.0 Å². The van der Waals surface area contributed by atoms with Gasteiger partial charge in [-0.15, -0.1) is 6.42 Å². The summed E-state index contributed by atoms with van der Waals surface area (Å²) >= 11 is 4.98. The van der Waals surface area contributed by atoms with Crippen LogP contribution in [0.25, 0.3) is 0 Å². The van der Waals surface area contributed by atoms with Gasteiger partial charge in [-0.2, -0.15) is 13.2 Å². The Morgan fingerprint density at radius 3 is 2.47 bits per heavy atom. The third-order valence-electron chi connectivity index (χ3n) is 1.51. The first-order valence-corrected chi connectivity index (χ1v) is 4.20. The molecule has 0 aliphatic heterocycles. The molecule has 1 aromatic carbocycles. The Bertz CT molecular complexity index is 429. The van der Waals surface area contributed by atoms with Crippen molar-refractivity contribution in [2.75, 3.05) is 0 Å². The Morgan fingerprint density at radius 2 is 1.93 bits per heavy atom. The first kappa shape index (κ1) is 11.6. The second kappa shape index (κ2) is 4.37. The predicted octanol–water partition coefficient (Wildman–Crippen LogP) is 3.50. The molecular weight excluding hydrogens is 227 g/mol. The molecule has 0 amide bonds. The third-order valence-corrected chi connectivity index (χ3v) is 1.81. The first-order valence-electron chi connectivity index (χ1n) is 3.82. The Morgan fingerprint density at radius 1 is 1.33 bits per heavy atom. The number of terminal acetylenes is 1. The molecule has 0 fully saturated rings. The van der Waals surface area contributed by atoms with Crippen molar-refractivity contribution < 1.29 is 13.2 Å². The van der Waals surface area contributed by atoms with Crippen molar-refractivity contribution in [3.63, 3.8) is 0 Å². The van der Waals surface area contributed by atoms with Gasteiger partial charge in [-0.3, -0.25) is 0 Å².